The maximum Gasteiger partial charge on any atom is 0.253 e. The summed E-state index contributed by atoms with van der Waals surface area (Å²) in [5.41, 5.74) is 0.809. The zero-order valence-corrected chi connectivity index (χ0v) is 14.1. The molecule has 0 unspecified atom stereocenters. The number of methoxy groups -OCH3 is 2. The van der Waals surface area contributed by atoms with Crippen LogP contribution >= 0.6 is 0 Å². The van der Waals surface area contributed by atoms with Gasteiger partial charge in [-0.2, -0.15) is 0 Å². The summed E-state index contributed by atoms with van der Waals surface area (Å²) in [6, 6.07) is 15.0. The van der Waals surface area contributed by atoms with Crippen molar-refractivity contribution in [2.24, 2.45) is 0 Å². The molecule has 25 heavy (non-hydrogen) atoms. The van der Waals surface area contributed by atoms with Gasteiger partial charge < -0.3 is 23.9 Å². The van der Waals surface area contributed by atoms with Gasteiger partial charge in [0, 0.05) is 6.07 Å². The zero-order valence-electron chi connectivity index (χ0n) is 14.1. The molecule has 130 valence electrons. The molecule has 0 bridgehead atoms. The van der Waals surface area contributed by atoms with Crippen molar-refractivity contribution in [3.8, 4) is 17.2 Å². The number of hydrogen-bond donors (Lipinski definition) is 1. The van der Waals surface area contributed by atoms with E-state index in [4.69, 9.17) is 18.6 Å². The molecule has 1 N–H and O–H groups in total. The number of benzene rings is 2. The predicted octanol–water partition coefficient (Wildman–Crippen LogP) is 3.28. The van der Waals surface area contributed by atoms with Crippen molar-refractivity contribution in [3.63, 3.8) is 0 Å². The SMILES string of the molecule is COc1ccc(NCc2nnc(COc3ccccc3)o2)c(OC)c1. The number of anilines is 1. The van der Waals surface area contributed by atoms with E-state index in [1.165, 1.54) is 0 Å². The number of nitrogens with zero attached hydrogens (tertiary/aromatic N) is 2. The van der Waals surface area contributed by atoms with Crippen LogP contribution in [-0.4, -0.2) is 24.4 Å². The van der Waals surface area contributed by atoms with E-state index in [9.17, 15) is 0 Å². The molecule has 0 aliphatic carbocycles. The third-order valence-corrected chi connectivity index (χ3v) is 3.45. The largest absolute Gasteiger partial charge is 0.497 e. The zero-order chi connectivity index (χ0) is 17.5. The molecule has 0 amide bonds. The monoisotopic (exact) mass is 341 g/mol. The first-order chi connectivity index (χ1) is 12.3. The summed E-state index contributed by atoms with van der Waals surface area (Å²) in [5.74, 6) is 3.03. The van der Waals surface area contributed by atoms with Crippen molar-refractivity contribution in [2.75, 3.05) is 19.5 Å². The smallest absolute Gasteiger partial charge is 0.253 e. The molecule has 0 aliphatic rings. The van der Waals surface area contributed by atoms with E-state index in [1.807, 2.05) is 42.5 Å². The summed E-state index contributed by atoms with van der Waals surface area (Å²) in [4.78, 5) is 0. The van der Waals surface area contributed by atoms with E-state index >= 15 is 0 Å². The Morgan fingerprint density at radius 3 is 2.48 bits per heavy atom. The molecule has 0 fully saturated rings. The first kappa shape index (κ1) is 16.6. The van der Waals surface area contributed by atoms with Gasteiger partial charge in [-0.25, -0.2) is 0 Å². The molecule has 7 nitrogen and oxygen atoms in total. The van der Waals surface area contributed by atoms with Gasteiger partial charge in [0.2, 0.25) is 5.89 Å². The first-order valence-electron chi connectivity index (χ1n) is 7.73. The second-order valence-electron chi connectivity index (χ2n) is 5.11. The lowest BCUT2D eigenvalue weighted by Crippen LogP contribution is -2.02. The van der Waals surface area contributed by atoms with E-state index in [2.05, 4.69) is 15.5 Å². The molecule has 2 aromatic carbocycles. The van der Waals surface area contributed by atoms with Gasteiger partial charge in [-0.3, -0.25) is 0 Å². The van der Waals surface area contributed by atoms with Crippen molar-refractivity contribution in [1.82, 2.24) is 10.2 Å². The van der Waals surface area contributed by atoms with E-state index in [0.29, 0.717) is 24.1 Å². The average molecular weight is 341 g/mol. The fraction of sp³-hybridized carbons (Fsp3) is 0.222. The molecule has 3 rings (SSSR count). The highest BCUT2D eigenvalue weighted by atomic mass is 16.5. The minimum Gasteiger partial charge on any atom is -0.497 e. The highest BCUT2D eigenvalue weighted by Crippen LogP contribution is 2.29. The van der Waals surface area contributed by atoms with Gasteiger partial charge in [0.25, 0.3) is 5.89 Å². The maximum atomic E-state index is 5.58. The Hall–Kier alpha value is -3.22. The lowest BCUT2D eigenvalue weighted by atomic mass is 10.2. The van der Waals surface area contributed by atoms with Crippen LogP contribution in [0.4, 0.5) is 5.69 Å². The minimum atomic E-state index is 0.225. The second-order valence-corrected chi connectivity index (χ2v) is 5.11. The molecule has 0 atom stereocenters. The summed E-state index contributed by atoms with van der Waals surface area (Å²) in [7, 11) is 3.21. The predicted molar refractivity (Wildman–Crippen MR) is 91.9 cm³/mol. The minimum absolute atomic E-state index is 0.225. The van der Waals surface area contributed by atoms with Gasteiger partial charge in [0.05, 0.1) is 26.5 Å². The molecule has 0 spiro atoms. The fourth-order valence-electron chi connectivity index (χ4n) is 2.20. The van der Waals surface area contributed by atoms with Crippen LogP contribution in [0.3, 0.4) is 0 Å². The van der Waals surface area contributed by atoms with Crippen LogP contribution in [0.15, 0.2) is 52.9 Å². The van der Waals surface area contributed by atoms with Crippen LogP contribution in [0.2, 0.25) is 0 Å². The van der Waals surface area contributed by atoms with Crippen molar-refractivity contribution < 1.29 is 18.6 Å². The molecule has 3 aromatic rings. The van der Waals surface area contributed by atoms with Crippen molar-refractivity contribution in [2.45, 2.75) is 13.2 Å². The summed E-state index contributed by atoms with van der Waals surface area (Å²) >= 11 is 0. The Kier molecular flexibility index (Phi) is 5.36. The van der Waals surface area contributed by atoms with E-state index in [-0.39, 0.29) is 6.61 Å². The highest BCUT2D eigenvalue weighted by molar-refractivity contribution is 5.59. The van der Waals surface area contributed by atoms with Crippen molar-refractivity contribution in [3.05, 3.63) is 60.3 Å². The topological polar surface area (TPSA) is 78.6 Å². The van der Waals surface area contributed by atoms with Crippen LogP contribution in [0.5, 0.6) is 17.2 Å². The summed E-state index contributed by atoms with van der Waals surface area (Å²) in [5, 5.41) is 11.2. The third kappa shape index (κ3) is 4.41. The molecule has 1 aromatic heterocycles. The Balaban J connectivity index is 1.57. The number of ether oxygens (including phenoxy) is 3. The van der Waals surface area contributed by atoms with Crippen LogP contribution in [0.1, 0.15) is 11.8 Å². The lowest BCUT2D eigenvalue weighted by Gasteiger charge is -2.11. The van der Waals surface area contributed by atoms with Crippen LogP contribution in [-0.2, 0) is 13.2 Å². The number of rotatable bonds is 8. The molecular formula is C18H19N3O4. The molecule has 0 saturated heterocycles. The summed E-state index contributed by atoms with van der Waals surface area (Å²) in [6.45, 7) is 0.601. The third-order valence-electron chi connectivity index (χ3n) is 3.45. The number of para-hydroxylation sites is 1. The summed E-state index contributed by atoms with van der Waals surface area (Å²) in [6.07, 6.45) is 0. The number of aromatic nitrogens is 2. The molecular weight excluding hydrogens is 322 g/mol. The summed E-state index contributed by atoms with van der Waals surface area (Å²) < 4.78 is 21.7. The van der Waals surface area contributed by atoms with Crippen LogP contribution in [0.25, 0.3) is 0 Å². The van der Waals surface area contributed by atoms with Crippen LogP contribution in [0, 0.1) is 0 Å². The Bertz CT molecular complexity index is 805. The first-order valence-corrected chi connectivity index (χ1v) is 7.73. The lowest BCUT2D eigenvalue weighted by molar-refractivity contribution is 0.259. The normalized spacial score (nSPS) is 10.3. The molecule has 0 saturated carbocycles. The number of nitrogens with one attached hydrogen (secondary N) is 1. The average Bonchev–Trinajstić information content (AvgIpc) is 3.13. The van der Waals surface area contributed by atoms with Gasteiger partial charge in [-0.05, 0) is 24.3 Å². The fourth-order valence-corrected chi connectivity index (χ4v) is 2.20. The van der Waals surface area contributed by atoms with Gasteiger partial charge in [-0.15, -0.1) is 10.2 Å². The molecule has 7 heteroatoms. The Morgan fingerprint density at radius 1 is 0.920 bits per heavy atom. The highest BCUT2D eigenvalue weighted by Gasteiger charge is 2.09. The molecule has 0 aliphatic heterocycles. The Morgan fingerprint density at radius 2 is 1.72 bits per heavy atom. The maximum absolute atomic E-state index is 5.58. The van der Waals surface area contributed by atoms with Gasteiger partial charge in [0.15, 0.2) is 6.61 Å². The van der Waals surface area contributed by atoms with Gasteiger partial charge >= 0.3 is 0 Å². The molecule has 1 heterocycles. The van der Waals surface area contributed by atoms with E-state index in [0.717, 1.165) is 17.2 Å². The standard InChI is InChI=1S/C18H19N3O4/c1-22-14-8-9-15(16(10-14)23-2)19-11-17-20-21-18(25-17)12-24-13-6-4-3-5-7-13/h3-10,19H,11-12H2,1-2H3. The second kappa shape index (κ2) is 8.05. The van der Waals surface area contributed by atoms with Crippen molar-refractivity contribution in [1.29, 1.82) is 0 Å². The number of hydrogen-bond acceptors (Lipinski definition) is 7. The van der Waals surface area contributed by atoms with E-state index < -0.39 is 0 Å². The Labute approximate surface area is 145 Å². The van der Waals surface area contributed by atoms with Crippen LogP contribution < -0.4 is 19.5 Å². The van der Waals surface area contributed by atoms with E-state index in [1.54, 1.807) is 20.3 Å². The van der Waals surface area contributed by atoms with Crippen molar-refractivity contribution >= 4 is 5.69 Å². The van der Waals surface area contributed by atoms with Gasteiger partial charge in [-0.1, -0.05) is 18.2 Å². The van der Waals surface area contributed by atoms with Gasteiger partial charge in [0.1, 0.15) is 17.2 Å². The quantitative estimate of drug-likeness (QED) is 0.673. The molecule has 0 radical (unpaired) electrons.